The summed E-state index contributed by atoms with van der Waals surface area (Å²) < 4.78 is 0. The standard InChI is InChI=1S/C16H15NO4/c18-9-8-11-4-6-14(7-5-11)17-15(19)12-2-1-3-13(10-12)16(20)21/h1-7,10,18H,8-9H2,(H,17,19)(H,20,21). The Balaban J connectivity index is 2.10. The van der Waals surface area contributed by atoms with Crippen LogP contribution < -0.4 is 5.32 Å². The average molecular weight is 285 g/mol. The summed E-state index contributed by atoms with van der Waals surface area (Å²) in [7, 11) is 0. The zero-order chi connectivity index (χ0) is 15.2. The second kappa shape index (κ2) is 6.67. The SMILES string of the molecule is O=C(O)c1cccc(C(=O)Nc2ccc(CCO)cc2)c1. The predicted molar refractivity (Wildman–Crippen MR) is 78.6 cm³/mol. The molecule has 0 heterocycles. The Morgan fingerprint density at radius 2 is 1.67 bits per heavy atom. The molecule has 0 atom stereocenters. The van der Waals surface area contributed by atoms with Crippen molar-refractivity contribution in [3.8, 4) is 0 Å². The summed E-state index contributed by atoms with van der Waals surface area (Å²) in [5, 5.41) is 20.4. The first-order valence-electron chi connectivity index (χ1n) is 6.44. The topological polar surface area (TPSA) is 86.6 Å². The normalized spacial score (nSPS) is 10.1. The van der Waals surface area contributed by atoms with Crippen LogP contribution in [0.5, 0.6) is 0 Å². The van der Waals surface area contributed by atoms with E-state index in [2.05, 4.69) is 5.32 Å². The minimum absolute atomic E-state index is 0.0703. The van der Waals surface area contributed by atoms with Gasteiger partial charge in [-0.3, -0.25) is 4.79 Å². The summed E-state index contributed by atoms with van der Waals surface area (Å²) in [5.74, 6) is -1.44. The Morgan fingerprint density at radius 1 is 1.00 bits per heavy atom. The van der Waals surface area contributed by atoms with Crippen LogP contribution in [0.1, 0.15) is 26.3 Å². The molecule has 0 aliphatic carbocycles. The first-order valence-corrected chi connectivity index (χ1v) is 6.44. The number of rotatable bonds is 5. The van der Waals surface area contributed by atoms with Gasteiger partial charge in [0.05, 0.1) is 5.56 Å². The number of amides is 1. The van der Waals surface area contributed by atoms with E-state index >= 15 is 0 Å². The fourth-order valence-corrected chi connectivity index (χ4v) is 1.88. The van der Waals surface area contributed by atoms with Crippen LogP contribution in [0.25, 0.3) is 0 Å². The molecule has 5 heteroatoms. The number of carbonyl (C=O) groups excluding carboxylic acids is 1. The number of aliphatic hydroxyl groups excluding tert-OH is 1. The molecule has 0 aromatic heterocycles. The number of aromatic carboxylic acids is 1. The van der Waals surface area contributed by atoms with Crippen molar-refractivity contribution < 1.29 is 19.8 Å². The summed E-state index contributed by atoms with van der Waals surface area (Å²) in [6, 6.07) is 13.0. The van der Waals surface area contributed by atoms with Gasteiger partial charge in [0, 0.05) is 17.9 Å². The third-order valence-electron chi connectivity index (χ3n) is 2.98. The molecule has 0 saturated carbocycles. The molecule has 0 radical (unpaired) electrons. The van der Waals surface area contributed by atoms with Gasteiger partial charge in [-0.2, -0.15) is 0 Å². The molecule has 0 aliphatic rings. The van der Waals surface area contributed by atoms with Gasteiger partial charge in [0.2, 0.25) is 0 Å². The van der Waals surface area contributed by atoms with E-state index < -0.39 is 5.97 Å². The summed E-state index contributed by atoms with van der Waals surface area (Å²) >= 11 is 0. The number of benzene rings is 2. The van der Waals surface area contributed by atoms with Crippen LogP contribution in [0, 0.1) is 0 Å². The molecule has 2 aromatic carbocycles. The molecule has 5 nitrogen and oxygen atoms in total. The Hall–Kier alpha value is -2.66. The molecule has 0 fully saturated rings. The van der Waals surface area contributed by atoms with Gasteiger partial charge in [-0.25, -0.2) is 4.79 Å². The van der Waals surface area contributed by atoms with Gasteiger partial charge < -0.3 is 15.5 Å². The number of anilines is 1. The van der Waals surface area contributed by atoms with Crippen molar-refractivity contribution in [1.82, 2.24) is 0 Å². The van der Waals surface area contributed by atoms with Crippen molar-refractivity contribution in [1.29, 1.82) is 0 Å². The maximum absolute atomic E-state index is 12.1. The quantitative estimate of drug-likeness (QED) is 0.785. The summed E-state index contributed by atoms with van der Waals surface area (Å²) in [6.07, 6.45) is 0.564. The molecule has 2 rings (SSSR count). The number of carboxylic acids is 1. The number of nitrogens with one attached hydrogen (secondary N) is 1. The number of aliphatic hydroxyl groups is 1. The fourth-order valence-electron chi connectivity index (χ4n) is 1.88. The van der Waals surface area contributed by atoms with Gasteiger partial charge in [0.1, 0.15) is 0 Å². The number of hydrogen-bond donors (Lipinski definition) is 3. The Morgan fingerprint density at radius 3 is 2.29 bits per heavy atom. The van der Waals surface area contributed by atoms with Crippen molar-refractivity contribution in [2.45, 2.75) is 6.42 Å². The Bertz CT molecular complexity index is 650. The minimum Gasteiger partial charge on any atom is -0.478 e. The van der Waals surface area contributed by atoms with E-state index in [-0.39, 0.29) is 23.6 Å². The van der Waals surface area contributed by atoms with Crippen molar-refractivity contribution >= 4 is 17.6 Å². The maximum atomic E-state index is 12.1. The molecule has 0 saturated heterocycles. The van der Waals surface area contributed by atoms with Crippen LogP contribution in [-0.2, 0) is 6.42 Å². The molecular formula is C16H15NO4. The first-order chi connectivity index (χ1) is 10.1. The predicted octanol–water partition coefficient (Wildman–Crippen LogP) is 2.17. The molecule has 108 valence electrons. The van der Waals surface area contributed by atoms with Crippen LogP contribution in [0.15, 0.2) is 48.5 Å². The van der Waals surface area contributed by atoms with Crippen LogP contribution in [0.3, 0.4) is 0 Å². The summed E-state index contributed by atoms with van der Waals surface area (Å²) in [6.45, 7) is 0.0771. The fraction of sp³-hybridized carbons (Fsp3) is 0.125. The number of carboxylic acid groups (broad SMARTS) is 1. The van der Waals surface area contributed by atoms with E-state index in [0.29, 0.717) is 12.1 Å². The smallest absolute Gasteiger partial charge is 0.335 e. The third-order valence-corrected chi connectivity index (χ3v) is 2.98. The molecule has 3 N–H and O–H groups in total. The highest BCUT2D eigenvalue weighted by molar-refractivity contribution is 6.05. The Labute approximate surface area is 121 Å². The highest BCUT2D eigenvalue weighted by atomic mass is 16.4. The van der Waals surface area contributed by atoms with Crippen LogP contribution in [-0.4, -0.2) is 28.7 Å². The van der Waals surface area contributed by atoms with Crippen molar-refractivity contribution in [2.75, 3.05) is 11.9 Å². The van der Waals surface area contributed by atoms with Crippen LogP contribution >= 0.6 is 0 Å². The zero-order valence-electron chi connectivity index (χ0n) is 11.2. The molecule has 0 spiro atoms. The van der Waals surface area contributed by atoms with Gasteiger partial charge in [0.25, 0.3) is 5.91 Å². The molecule has 0 bridgehead atoms. The maximum Gasteiger partial charge on any atom is 0.335 e. The van der Waals surface area contributed by atoms with E-state index in [1.165, 1.54) is 18.2 Å². The first kappa shape index (κ1) is 14.7. The Kier molecular flexibility index (Phi) is 4.68. The summed E-state index contributed by atoms with van der Waals surface area (Å²) in [5.41, 5.74) is 1.95. The lowest BCUT2D eigenvalue weighted by Gasteiger charge is -2.07. The lowest BCUT2D eigenvalue weighted by atomic mass is 10.1. The molecule has 0 aliphatic heterocycles. The molecule has 1 amide bonds. The van der Waals surface area contributed by atoms with Crippen LogP contribution in [0.4, 0.5) is 5.69 Å². The van der Waals surface area contributed by atoms with E-state index in [1.54, 1.807) is 18.2 Å². The van der Waals surface area contributed by atoms with Gasteiger partial charge in [-0.1, -0.05) is 18.2 Å². The average Bonchev–Trinajstić information content (AvgIpc) is 2.49. The van der Waals surface area contributed by atoms with E-state index in [0.717, 1.165) is 5.56 Å². The molecule has 2 aromatic rings. The lowest BCUT2D eigenvalue weighted by Crippen LogP contribution is -2.12. The third kappa shape index (κ3) is 3.90. The highest BCUT2D eigenvalue weighted by Gasteiger charge is 2.09. The summed E-state index contributed by atoms with van der Waals surface area (Å²) in [4.78, 5) is 22.9. The second-order valence-electron chi connectivity index (χ2n) is 4.51. The second-order valence-corrected chi connectivity index (χ2v) is 4.51. The van der Waals surface area contributed by atoms with Crippen molar-refractivity contribution in [2.24, 2.45) is 0 Å². The van der Waals surface area contributed by atoms with Gasteiger partial charge >= 0.3 is 5.97 Å². The van der Waals surface area contributed by atoms with Crippen molar-refractivity contribution in [3.63, 3.8) is 0 Å². The lowest BCUT2D eigenvalue weighted by molar-refractivity contribution is 0.0697. The van der Waals surface area contributed by atoms with Crippen LogP contribution in [0.2, 0.25) is 0 Å². The molecule has 0 unspecified atom stereocenters. The van der Waals surface area contributed by atoms with E-state index in [1.807, 2.05) is 12.1 Å². The highest BCUT2D eigenvalue weighted by Crippen LogP contribution is 2.13. The molecule has 21 heavy (non-hydrogen) atoms. The zero-order valence-corrected chi connectivity index (χ0v) is 11.2. The van der Waals surface area contributed by atoms with Gasteiger partial charge in [0.15, 0.2) is 0 Å². The van der Waals surface area contributed by atoms with Gasteiger partial charge in [-0.15, -0.1) is 0 Å². The molecular weight excluding hydrogens is 270 g/mol. The number of carbonyl (C=O) groups is 2. The van der Waals surface area contributed by atoms with Crippen molar-refractivity contribution in [3.05, 3.63) is 65.2 Å². The minimum atomic E-state index is -1.07. The largest absolute Gasteiger partial charge is 0.478 e. The van der Waals surface area contributed by atoms with E-state index in [4.69, 9.17) is 10.2 Å². The van der Waals surface area contributed by atoms with E-state index in [9.17, 15) is 9.59 Å². The monoisotopic (exact) mass is 285 g/mol. The number of hydrogen-bond acceptors (Lipinski definition) is 3. The van der Waals surface area contributed by atoms with Gasteiger partial charge in [-0.05, 0) is 42.3 Å².